The molecule has 0 bridgehead atoms. The number of aryl methyl sites for hydroxylation is 2. The normalized spacial score (nSPS) is 12.6. The van der Waals surface area contributed by atoms with Crippen LogP contribution in [0.25, 0.3) is 17.1 Å². The zero-order valence-corrected chi connectivity index (χ0v) is 13.9. The van der Waals surface area contributed by atoms with Gasteiger partial charge in [0.2, 0.25) is 0 Å². The molecule has 0 spiro atoms. The first-order valence-corrected chi connectivity index (χ1v) is 7.77. The molecule has 5 nitrogen and oxygen atoms in total. The number of fused-ring (bicyclic) bond motifs is 1. The molecule has 0 aliphatic carbocycles. The standard InChI is InChI=1S/C19H19N3O2/c1-13-8-9-15(12-20-13)10-11-18(23)24-14(2)19-21-16-6-4-5-7-17(16)22(19)3/h4-12,14H,1-3H3/b11-10+. The number of pyridine rings is 1. The number of nitrogens with zero attached hydrogens (tertiary/aromatic N) is 3. The van der Waals surface area contributed by atoms with Gasteiger partial charge in [0, 0.05) is 25.0 Å². The summed E-state index contributed by atoms with van der Waals surface area (Å²) in [6.45, 7) is 3.74. The van der Waals surface area contributed by atoms with E-state index in [-0.39, 0.29) is 0 Å². The van der Waals surface area contributed by atoms with Gasteiger partial charge in [0.25, 0.3) is 0 Å². The molecule has 0 aliphatic rings. The Balaban J connectivity index is 1.71. The second-order valence-corrected chi connectivity index (χ2v) is 5.66. The van der Waals surface area contributed by atoms with Crippen molar-refractivity contribution in [1.29, 1.82) is 0 Å². The molecule has 1 aromatic carbocycles. The fraction of sp³-hybridized carbons (Fsp3) is 0.211. The first-order valence-electron chi connectivity index (χ1n) is 7.77. The van der Waals surface area contributed by atoms with E-state index in [4.69, 9.17) is 4.74 Å². The summed E-state index contributed by atoms with van der Waals surface area (Å²) < 4.78 is 7.41. The van der Waals surface area contributed by atoms with E-state index >= 15 is 0 Å². The average Bonchev–Trinajstić information content (AvgIpc) is 2.92. The zero-order chi connectivity index (χ0) is 17.1. The van der Waals surface area contributed by atoms with Gasteiger partial charge in [-0.25, -0.2) is 9.78 Å². The van der Waals surface area contributed by atoms with E-state index in [1.54, 1.807) is 12.3 Å². The van der Waals surface area contributed by atoms with Gasteiger partial charge in [-0.15, -0.1) is 0 Å². The van der Waals surface area contributed by atoms with Crippen LogP contribution >= 0.6 is 0 Å². The lowest BCUT2D eigenvalue weighted by atomic mass is 10.2. The van der Waals surface area contributed by atoms with Crippen LogP contribution in [-0.4, -0.2) is 20.5 Å². The molecule has 1 unspecified atom stereocenters. The third kappa shape index (κ3) is 3.35. The maximum Gasteiger partial charge on any atom is 0.331 e. The van der Waals surface area contributed by atoms with Gasteiger partial charge in [-0.2, -0.15) is 0 Å². The van der Waals surface area contributed by atoms with E-state index < -0.39 is 12.1 Å². The molecule has 0 saturated carbocycles. The van der Waals surface area contributed by atoms with Crippen LogP contribution in [0.3, 0.4) is 0 Å². The number of hydrogen-bond acceptors (Lipinski definition) is 4. The van der Waals surface area contributed by atoms with E-state index in [1.807, 2.05) is 61.9 Å². The second kappa shape index (κ2) is 6.66. The van der Waals surface area contributed by atoms with Gasteiger partial charge in [-0.3, -0.25) is 4.98 Å². The van der Waals surface area contributed by atoms with Crippen LogP contribution in [0.1, 0.15) is 30.1 Å². The van der Waals surface area contributed by atoms with Crippen LogP contribution in [0.15, 0.2) is 48.7 Å². The number of rotatable bonds is 4. The minimum atomic E-state index is -0.435. The molecule has 5 heteroatoms. The monoisotopic (exact) mass is 321 g/mol. The minimum absolute atomic E-state index is 0.407. The Morgan fingerprint density at radius 2 is 2.04 bits per heavy atom. The van der Waals surface area contributed by atoms with Crippen molar-refractivity contribution >= 4 is 23.1 Å². The number of esters is 1. The molecule has 2 heterocycles. The zero-order valence-electron chi connectivity index (χ0n) is 13.9. The summed E-state index contributed by atoms with van der Waals surface area (Å²) in [5, 5.41) is 0. The molecule has 24 heavy (non-hydrogen) atoms. The van der Waals surface area contributed by atoms with Gasteiger partial charge in [-0.1, -0.05) is 18.2 Å². The smallest absolute Gasteiger partial charge is 0.331 e. The van der Waals surface area contributed by atoms with Gasteiger partial charge in [0.1, 0.15) is 0 Å². The lowest BCUT2D eigenvalue weighted by Gasteiger charge is -2.11. The molecular weight excluding hydrogens is 302 g/mol. The first-order chi connectivity index (χ1) is 11.5. The van der Waals surface area contributed by atoms with Crippen LogP contribution in [-0.2, 0) is 16.6 Å². The molecule has 122 valence electrons. The Morgan fingerprint density at radius 3 is 2.75 bits per heavy atom. The lowest BCUT2D eigenvalue weighted by molar-refractivity contribution is -0.142. The Labute approximate surface area is 140 Å². The molecule has 0 saturated heterocycles. The number of carbonyl (C=O) groups is 1. The highest BCUT2D eigenvalue weighted by molar-refractivity contribution is 5.87. The summed E-state index contributed by atoms with van der Waals surface area (Å²) in [6.07, 6.45) is 4.38. The molecule has 0 radical (unpaired) electrons. The summed E-state index contributed by atoms with van der Waals surface area (Å²) in [4.78, 5) is 20.8. The maximum absolute atomic E-state index is 12.0. The first kappa shape index (κ1) is 15.9. The van der Waals surface area contributed by atoms with Crippen molar-refractivity contribution in [1.82, 2.24) is 14.5 Å². The fourth-order valence-electron chi connectivity index (χ4n) is 2.54. The molecule has 3 aromatic rings. The average molecular weight is 321 g/mol. The van der Waals surface area contributed by atoms with E-state index in [0.717, 1.165) is 28.1 Å². The van der Waals surface area contributed by atoms with Crippen LogP contribution in [0.4, 0.5) is 0 Å². The number of imidazole rings is 1. The third-order valence-corrected chi connectivity index (χ3v) is 3.82. The predicted molar refractivity (Wildman–Crippen MR) is 93.2 cm³/mol. The van der Waals surface area contributed by atoms with Crippen molar-refractivity contribution in [3.63, 3.8) is 0 Å². The Bertz CT molecular complexity index is 895. The minimum Gasteiger partial charge on any atom is -0.451 e. The highest BCUT2D eigenvalue weighted by Crippen LogP contribution is 2.21. The number of para-hydroxylation sites is 2. The summed E-state index contributed by atoms with van der Waals surface area (Å²) in [7, 11) is 1.92. The molecule has 0 N–H and O–H groups in total. The Morgan fingerprint density at radius 1 is 1.25 bits per heavy atom. The lowest BCUT2D eigenvalue weighted by Crippen LogP contribution is -2.10. The van der Waals surface area contributed by atoms with Crippen molar-refractivity contribution in [2.75, 3.05) is 0 Å². The van der Waals surface area contributed by atoms with Crippen molar-refractivity contribution in [2.45, 2.75) is 20.0 Å². The van der Waals surface area contributed by atoms with Gasteiger partial charge in [0.15, 0.2) is 11.9 Å². The van der Waals surface area contributed by atoms with E-state index in [1.165, 1.54) is 6.08 Å². The number of aromatic nitrogens is 3. The molecule has 2 aromatic heterocycles. The van der Waals surface area contributed by atoms with Crippen LogP contribution in [0.2, 0.25) is 0 Å². The number of hydrogen-bond donors (Lipinski definition) is 0. The number of ether oxygens (including phenoxy) is 1. The summed E-state index contributed by atoms with van der Waals surface area (Å²) in [6, 6.07) is 11.6. The van der Waals surface area contributed by atoms with Crippen LogP contribution in [0.5, 0.6) is 0 Å². The molecule has 3 rings (SSSR count). The molecule has 0 amide bonds. The quantitative estimate of drug-likeness (QED) is 0.544. The summed E-state index contributed by atoms with van der Waals surface area (Å²) >= 11 is 0. The molecular formula is C19H19N3O2. The number of benzene rings is 1. The van der Waals surface area contributed by atoms with Crippen molar-refractivity contribution in [2.24, 2.45) is 7.05 Å². The van der Waals surface area contributed by atoms with Crippen molar-refractivity contribution in [3.8, 4) is 0 Å². The highest BCUT2D eigenvalue weighted by Gasteiger charge is 2.17. The SMILES string of the molecule is Cc1ccc(/C=C/C(=O)OC(C)c2nc3ccccc3n2C)cn1. The molecule has 0 aliphatic heterocycles. The Kier molecular flexibility index (Phi) is 4.42. The predicted octanol–water partition coefficient (Wildman–Crippen LogP) is 3.59. The third-order valence-electron chi connectivity index (χ3n) is 3.82. The Hall–Kier alpha value is -2.95. The van der Waals surface area contributed by atoms with Crippen LogP contribution in [0, 0.1) is 6.92 Å². The van der Waals surface area contributed by atoms with Crippen molar-refractivity contribution < 1.29 is 9.53 Å². The maximum atomic E-state index is 12.0. The van der Waals surface area contributed by atoms with Gasteiger partial charge < -0.3 is 9.30 Å². The van der Waals surface area contributed by atoms with Gasteiger partial charge in [-0.05, 0) is 43.7 Å². The summed E-state index contributed by atoms with van der Waals surface area (Å²) in [5.74, 6) is 0.310. The van der Waals surface area contributed by atoms with E-state index in [0.29, 0.717) is 0 Å². The van der Waals surface area contributed by atoms with Gasteiger partial charge >= 0.3 is 5.97 Å². The van der Waals surface area contributed by atoms with Crippen LogP contribution < -0.4 is 0 Å². The largest absolute Gasteiger partial charge is 0.451 e. The second-order valence-electron chi connectivity index (χ2n) is 5.66. The van der Waals surface area contributed by atoms with Crippen molar-refractivity contribution in [3.05, 3.63) is 65.8 Å². The number of carbonyl (C=O) groups excluding carboxylic acids is 1. The topological polar surface area (TPSA) is 57.0 Å². The fourth-order valence-corrected chi connectivity index (χ4v) is 2.54. The van der Waals surface area contributed by atoms with E-state index in [2.05, 4.69) is 9.97 Å². The summed E-state index contributed by atoms with van der Waals surface area (Å²) in [5.41, 5.74) is 3.69. The molecule has 1 atom stereocenters. The van der Waals surface area contributed by atoms with E-state index in [9.17, 15) is 4.79 Å². The van der Waals surface area contributed by atoms with Gasteiger partial charge in [0.05, 0.1) is 11.0 Å². The molecule has 0 fully saturated rings. The highest BCUT2D eigenvalue weighted by atomic mass is 16.5.